The third-order valence-corrected chi connectivity index (χ3v) is 7.29. The number of anilines is 1. The first-order chi connectivity index (χ1) is 18.2. The number of hydrogen-bond acceptors (Lipinski definition) is 6. The summed E-state index contributed by atoms with van der Waals surface area (Å²) >= 11 is 0. The summed E-state index contributed by atoms with van der Waals surface area (Å²) in [6, 6.07) is 12.8. The van der Waals surface area contributed by atoms with E-state index in [9.17, 15) is 14.3 Å². The van der Waals surface area contributed by atoms with Crippen LogP contribution in [0.2, 0.25) is 0 Å². The van der Waals surface area contributed by atoms with Gasteiger partial charge in [-0.25, -0.2) is 19.2 Å². The zero-order chi connectivity index (χ0) is 26.9. The fourth-order valence-electron chi connectivity index (χ4n) is 5.29. The molecule has 2 fully saturated rings. The summed E-state index contributed by atoms with van der Waals surface area (Å²) in [7, 11) is 0. The number of aromatic nitrogens is 2. The van der Waals surface area contributed by atoms with Gasteiger partial charge in [0.2, 0.25) is 11.5 Å². The largest absolute Gasteiger partial charge is 0.478 e. The Hall–Kier alpha value is -3.52. The molecular weight excluding hydrogens is 483 g/mol. The van der Waals surface area contributed by atoms with E-state index in [4.69, 9.17) is 4.74 Å². The zero-order valence-electron chi connectivity index (χ0n) is 22.2. The molecule has 3 aromatic rings. The average Bonchev–Trinajstić information content (AvgIpc) is 3.64. The third-order valence-electron chi connectivity index (χ3n) is 7.29. The summed E-state index contributed by atoms with van der Waals surface area (Å²) in [5, 5.41) is 9.51. The number of nitrogens with zero attached hydrogens (tertiary/aromatic N) is 4. The van der Waals surface area contributed by atoms with Crippen molar-refractivity contribution in [2.75, 3.05) is 24.5 Å². The predicted molar refractivity (Wildman–Crippen MR) is 145 cm³/mol. The van der Waals surface area contributed by atoms with Crippen molar-refractivity contribution in [2.24, 2.45) is 5.92 Å². The van der Waals surface area contributed by atoms with Crippen LogP contribution in [0.3, 0.4) is 0 Å². The van der Waals surface area contributed by atoms with E-state index in [0.29, 0.717) is 30.5 Å². The van der Waals surface area contributed by atoms with Gasteiger partial charge < -0.3 is 14.7 Å². The van der Waals surface area contributed by atoms with Crippen LogP contribution in [0.1, 0.15) is 44.2 Å². The highest BCUT2D eigenvalue weighted by atomic mass is 19.1. The number of rotatable bonds is 9. The number of hydrogen-bond donors (Lipinski definition) is 1. The van der Waals surface area contributed by atoms with E-state index in [1.54, 1.807) is 18.5 Å². The number of benzene rings is 2. The van der Waals surface area contributed by atoms with Crippen LogP contribution < -0.4 is 9.64 Å². The van der Waals surface area contributed by atoms with Gasteiger partial charge in [-0.15, -0.1) is 0 Å². The summed E-state index contributed by atoms with van der Waals surface area (Å²) in [5.41, 5.74) is 2.68. The number of halogens is 1. The summed E-state index contributed by atoms with van der Waals surface area (Å²) in [4.78, 5) is 25.6. The molecule has 0 unspecified atom stereocenters. The van der Waals surface area contributed by atoms with Gasteiger partial charge in [-0.3, -0.25) is 4.90 Å². The summed E-state index contributed by atoms with van der Waals surface area (Å²) in [6.07, 6.45) is 5.65. The molecule has 8 heteroatoms. The topological polar surface area (TPSA) is 78.8 Å². The smallest absolute Gasteiger partial charge is 0.348 e. The molecule has 1 saturated carbocycles. The SMILES string of the molecule is Cc1cc(CN2CCN(c3ncc(-c4cccc(F)c4)cn3)[C@H](CC(C)C)C2)cc(OC2(C(=O)O)CC2)c1. The van der Waals surface area contributed by atoms with Crippen molar-refractivity contribution in [1.82, 2.24) is 14.9 Å². The van der Waals surface area contributed by atoms with Gasteiger partial charge in [-0.1, -0.05) is 32.0 Å². The molecule has 0 radical (unpaired) electrons. The maximum atomic E-state index is 13.7. The minimum Gasteiger partial charge on any atom is -0.478 e. The Bertz CT molecular complexity index is 1290. The molecule has 1 aliphatic heterocycles. The fourth-order valence-corrected chi connectivity index (χ4v) is 5.29. The molecule has 0 amide bonds. The van der Waals surface area contributed by atoms with Crippen LogP contribution in [0.4, 0.5) is 10.3 Å². The molecule has 1 atom stereocenters. The second kappa shape index (κ2) is 10.7. The monoisotopic (exact) mass is 518 g/mol. The maximum Gasteiger partial charge on any atom is 0.348 e. The first-order valence-corrected chi connectivity index (χ1v) is 13.3. The van der Waals surface area contributed by atoms with Crippen molar-refractivity contribution in [3.05, 3.63) is 71.8 Å². The van der Waals surface area contributed by atoms with Crippen molar-refractivity contribution >= 4 is 11.9 Å². The van der Waals surface area contributed by atoms with Crippen molar-refractivity contribution in [1.29, 1.82) is 0 Å². The summed E-state index contributed by atoms with van der Waals surface area (Å²) < 4.78 is 19.6. The maximum absolute atomic E-state index is 13.7. The lowest BCUT2D eigenvalue weighted by molar-refractivity contribution is -0.147. The molecule has 5 rings (SSSR count). The van der Waals surface area contributed by atoms with Crippen molar-refractivity contribution in [2.45, 2.75) is 58.2 Å². The van der Waals surface area contributed by atoms with E-state index in [1.807, 2.05) is 25.1 Å². The highest BCUT2D eigenvalue weighted by Crippen LogP contribution is 2.41. The van der Waals surface area contributed by atoms with Crippen LogP contribution in [0, 0.1) is 18.7 Å². The Morgan fingerprint density at radius 2 is 1.89 bits per heavy atom. The number of piperazine rings is 1. The molecule has 1 aromatic heterocycles. The summed E-state index contributed by atoms with van der Waals surface area (Å²) in [6.45, 7) is 9.76. The Morgan fingerprint density at radius 1 is 1.13 bits per heavy atom. The number of carboxylic acid groups (broad SMARTS) is 1. The van der Waals surface area contributed by atoms with Crippen LogP contribution in [0.15, 0.2) is 54.9 Å². The molecule has 2 heterocycles. The quantitative estimate of drug-likeness (QED) is 0.411. The first kappa shape index (κ1) is 26.1. The fraction of sp³-hybridized carbons (Fsp3) is 0.433. The molecule has 7 nitrogen and oxygen atoms in total. The van der Waals surface area contributed by atoms with Crippen molar-refractivity contribution < 1.29 is 19.0 Å². The van der Waals surface area contributed by atoms with Gasteiger partial charge in [0, 0.05) is 63.0 Å². The molecule has 1 aliphatic carbocycles. The number of carbonyl (C=O) groups is 1. The highest BCUT2D eigenvalue weighted by Gasteiger charge is 2.53. The lowest BCUT2D eigenvalue weighted by Gasteiger charge is -2.42. The summed E-state index contributed by atoms with van der Waals surface area (Å²) in [5.74, 6) is 0.674. The normalized spacial score (nSPS) is 19.0. The lowest BCUT2D eigenvalue weighted by Crippen LogP contribution is -2.54. The average molecular weight is 519 g/mol. The van der Waals surface area contributed by atoms with Gasteiger partial charge in [0.1, 0.15) is 11.6 Å². The van der Waals surface area contributed by atoms with Gasteiger partial charge in [0.25, 0.3) is 0 Å². The Morgan fingerprint density at radius 3 is 2.55 bits per heavy atom. The Kier molecular flexibility index (Phi) is 7.34. The van der Waals surface area contributed by atoms with E-state index in [2.05, 4.69) is 39.7 Å². The van der Waals surface area contributed by atoms with Crippen molar-refractivity contribution in [3.8, 4) is 16.9 Å². The van der Waals surface area contributed by atoms with Crippen LogP contribution in [0.5, 0.6) is 5.75 Å². The minimum atomic E-state index is -1.05. The molecule has 200 valence electrons. The van der Waals surface area contributed by atoms with Crippen LogP contribution in [-0.2, 0) is 11.3 Å². The number of aryl methyl sites for hydroxylation is 1. The molecule has 2 aromatic carbocycles. The van der Waals surface area contributed by atoms with Crippen LogP contribution in [-0.4, -0.2) is 57.2 Å². The second-order valence-electron chi connectivity index (χ2n) is 11.0. The standard InChI is InChI=1S/C30H35FN4O3/c1-20(2)11-26-19-34(18-22-12-21(3)13-27(14-22)38-30(7-8-30)28(36)37)9-10-35(26)29-32-16-24(17-33-29)23-5-4-6-25(31)15-23/h4-6,12-17,20,26H,7-11,18-19H2,1-3H3,(H,36,37)/t26-/m1/s1. The van der Waals surface area contributed by atoms with Gasteiger partial charge in [-0.05, 0) is 60.2 Å². The Labute approximate surface area is 223 Å². The molecule has 2 aliphatic rings. The third kappa shape index (κ3) is 5.96. The molecule has 38 heavy (non-hydrogen) atoms. The van der Waals surface area contributed by atoms with Gasteiger partial charge in [0.05, 0.1) is 0 Å². The molecular formula is C30H35FN4O3. The zero-order valence-corrected chi connectivity index (χ0v) is 22.2. The van der Waals surface area contributed by atoms with Crippen molar-refractivity contribution in [3.63, 3.8) is 0 Å². The van der Waals surface area contributed by atoms with Gasteiger partial charge >= 0.3 is 5.97 Å². The van der Waals surface area contributed by atoms with E-state index in [-0.39, 0.29) is 11.9 Å². The van der Waals surface area contributed by atoms with E-state index in [1.165, 1.54) is 12.1 Å². The van der Waals surface area contributed by atoms with Gasteiger partial charge in [-0.2, -0.15) is 0 Å². The predicted octanol–water partition coefficient (Wildman–Crippen LogP) is 5.32. The molecule has 1 N–H and O–H groups in total. The van der Waals surface area contributed by atoms with Crippen LogP contribution >= 0.6 is 0 Å². The molecule has 1 saturated heterocycles. The first-order valence-electron chi connectivity index (χ1n) is 13.3. The van der Waals surface area contributed by atoms with Crippen LogP contribution in [0.25, 0.3) is 11.1 Å². The minimum absolute atomic E-state index is 0.256. The van der Waals surface area contributed by atoms with E-state index in [0.717, 1.165) is 54.9 Å². The molecule has 0 spiro atoms. The van der Waals surface area contributed by atoms with E-state index < -0.39 is 11.6 Å². The van der Waals surface area contributed by atoms with Gasteiger partial charge in [0.15, 0.2) is 0 Å². The number of carboxylic acids is 1. The number of ether oxygens (including phenoxy) is 1. The second-order valence-corrected chi connectivity index (χ2v) is 11.0. The lowest BCUT2D eigenvalue weighted by atomic mass is 9.99. The molecule has 0 bridgehead atoms. The number of aliphatic carboxylic acids is 1. The highest BCUT2D eigenvalue weighted by molar-refractivity contribution is 5.81. The van der Waals surface area contributed by atoms with E-state index >= 15 is 0 Å². The Balaban J connectivity index is 1.29.